The molecule has 0 spiro atoms. The van der Waals surface area contributed by atoms with Crippen molar-refractivity contribution < 1.29 is 13.3 Å². The summed E-state index contributed by atoms with van der Waals surface area (Å²) in [6.45, 7) is 1.90. The Morgan fingerprint density at radius 1 is 0.844 bits per heavy atom. The Morgan fingerprint density at radius 3 is 2.12 bits per heavy atom. The molecule has 0 aliphatic carbocycles. The van der Waals surface area contributed by atoms with E-state index in [0.29, 0.717) is 16.8 Å². The van der Waals surface area contributed by atoms with E-state index in [1.54, 1.807) is 48.5 Å². The molecule has 0 amide bonds. The van der Waals surface area contributed by atoms with Crippen LogP contribution >= 0.6 is 0 Å². The van der Waals surface area contributed by atoms with Gasteiger partial charge in [0.15, 0.2) is 0 Å². The summed E-state index contributed by atoms with van der Waals surface area (Å²) in [7, 11) is -3.84. The zero-order chi connectivity index (χ0) is 22.7. The SMILES string of the molecule is Cc1ccc(S(=O)(=O)n2ccc(-c3ccc([N+](=O)[O-])cc3)c2/C=C/c2ccccc2)cc1. The van der Waals surface area contributed by atoms with Crippen LogP contribution in [0.3, 0.4) is 0 Å². The highest BCUT2D eigenvalue weighted by molar-refractivity contribution is 7.90. The Hall–Kier alpha value is -3.97. The van der Waals surface area contributed by atoms with Gasteiger partial charge in [0, 0.05) is 23.9 Å². The highest BCUT2D eigenvalue weighted by Gasteiger charge is 2.22. The van der Waals surface area contributed by atoms with Gasteiger partial charge < -0.3 is 0 Å². The van der Waals surface area contributed by atoms with Gasteiger partial charge in [0.1, 0.15) is 0 Å². The Balaban J connectivity index is 1.86. The van der Waals surface area contributed by atoms with Crippen molar-refractivity contribution in [1.29, 1.82) is 0 Å². The predicted octanol–water partition coefficient (Wildman–Crippen LogP) is 5.78. The number of benzene rings is 3. The lowest BCUT2D eigenvalue weighted by Gasteiger charge is -2.11. The maximum absolute atomic E-state index is 13.4. The number of aryl methyl sites for hydroxylation is 1. The van der Waals surface area contributed by atoms with Crippen LogP contribution in [0, 0.1) is 17.0 Å². The van der Waals surface area contributed by atoms with Crippen molar-refractivity contribution >= 4 is 27.9 Å². The average Bonchev–Trinajstić information content (AvgIpc) is 3.23. The van der Waals surface area contributed by atoms with Crippen molar-refractivity contribution in [3.63, 3.8) is 0 Å². The number of hydrogen-bond donors (Lipinski definition) is 0. The maximum Gasteiger partial charge on any atom is 0.269 e. The molecule has 0 unspecified atom stereocenters. The second-order valence-electron chi connectivity index (χ2n) is 7.28. The Morgan fingerprint density at radius 2 is 1.50 bits per heavy atom. The fourth-order valence-electron chi connectivity index (χ4n) is 3.37. The molecule has 4 aromatic rings. The molecule has 7 heteroatoms. The third-order valence-electron chi connectivity index (χ3n) is 5.09. The third-order valence-corrected chi connectivity index (χ3v) is 6.79. The lowest BCUT2D eigenvalue weighted by atomic mass is 10.0. The highest BCUT2D eigenvalue weighted by atomic mass is 32.2. The quantitative estimate of drug-likeness (QED) is 0.279. The molecule has 0 radical (unpaired) electrons. The van der Waals surface area contributed by atoms with Crippen molar-refractivity contribution in [2.24, 2.45) is 0 Å². The van der Waals surface area contributed by atoms with Crippen molar-refractivity contribution in [2.45, 2.75) is 11.8 Å². The van der Waals surface area contributed by atoms with E-state index in [1.165, 1.54) is 22.3 Å². The molecule has 0 fully saturated rings. The molecule has 3 aromatic carbocycles. The molecule has 0 saturated heterocycles. The fraction of sp³-hybridized carbons (Fsp3) is 0.0400. The lowest BCUT2D eigenvalue weighted by Crippen LogP contribution is -2.13. The Bertz CT molecular complexity index is 1390. The van der Waals surface area contributed by atoms with Gasteiger partial charge in [0.25, 0.3) is 15.7 Å². The average molecular weight is 445 g/mol. The van der Waals surface area contributed by atoms with E-state index < -0.39 is 14.9 Å². The number of aromatic nitrogens is 1. The Labute approximate surface area is 186 Å². The molecule has 0 saturated carbocycles. The second-order valence-corrected chi connectivity index (χ2v) is 9.09. The molecule has 1 aromatic heterocycles. The van der Waals surface area contributed by atoms with Gasteiger partial charge >= 0.3 is 0 Å². The van der Waals surface area contributed by atoms with Gasteiger partial charge in [-0.3, -0.25) is 10.1 Å². The normalized spacial score (nSPS) is 11.7. The topological polar surface area (TPSA) is 82.2 Å². The van der Waals surface area contributed by atoms with Crippen molar-refractivity contribution in [3.05, 3.63) is 118 Å². The first-order valence-electron chi connectivity index (χ1n) is 9.88. The maximum atomic E-state index is 13.4. The molecule has 0 aliphatic heterocycles. The second kappa shape index (κ2) is 8.64. The van der Waals surface area contributed by atoms with Crippen LogP contribution < -0.4 is 0 Å². The van der Waals surface area contributed by atoms with Crippen LogP contribution in [-0.2, 0) is 10.0 Å². The molecule has 160 valence electrons. The molecule has 4 rings (SSSR count). The molecule has 1 heterocycles. The molecular weight excluding hydrogens is 424 g/mol. The van der Waals surface area contributed by atoms with E-state index in [0.717, 1.165) is 11.1 Å². The summed E-state index contributed by atoms with van der Waals surface area (Å²) in [5.41, 5.74) is 3.66. The Kier molecular flexibility index (Phi) is 5.75. The van der Waals surface area contributed by atoms with Crippen molar-refractivity contribution in [3.8, 4) is 11.1 Å². The monoisotopic (exact) mass is 444 g/mol. The standard InChI is InChI=1S/C25H20N2O4S/c1-19-7-14-23(15-8-19)32(30,31)26-18-17-24(21-10-12-22(13-11-21)27(28)29)25(26)16-9-20-5-3-2-4-6-20/h2-18H,1H3/b16-9+. The van der Waals surface area contributed by atoms with Crippen LogP contribution in [0.15, 0.2) is 96.0 Å². The minimum Gasteiger partial charge on any atom is -0.258 e. The van der Waals surface area contributed by atoms with Crippen molar-refractivity contribution in [2.75, 3.05) is 0 Å². The fourth-order valence-corrected chi connectivity index (χ4v) is 4.72. The third kappa shape index (κ3) is 4.24. The first kappa shape index (κ1) is 21.3. The largest absolute Gasteiger partial charge is 0.269 e. The van der Waals surface area contributed by atoms with Crippen LogP contribution in [0.1, 0.15) is 16.8 Å². The van der Waals surface area contributed by atoms with Gasteiger partial charge in [-0.2, -0.15) is 0 Å². The molecule has 6 nitrogen and oxygen atoms in total. The number of rotatable bonds is 6. The van der Waals surface area contributed by atoms with E-state index in [4.69, 9.17) is 0 Å². The molecule has 0 N–H and O–H groups in total. The van der Waals surface area contributed by atoms with E-state index >= 15 is 0 Å². The van der Waals surface area contributed by atoms with Gasteiger partial charge in [-0.05, 0) is 54.5 Å². The first-order valence-corrected chi connectivity index (χ1v) is 11.3. The smallest absolute Gasteiger partial charge is 0.258 e. The van der Waals surface area contributed by atoms with Crippen LogP contribution in [-0.4, -0.2) is 17.3 Å². The molecule has 0 bridgehead atoms. The summed E-state index contributed by atoms with van der Waals surface area (Å²) < 4.78 is 28.1. The summed E-state index contributed by atoms with van der Waals surface area (Å²) in [4.78, 5) is 10.7. The van der Waals surface area contributed by atoms with Gasteiger partial charge in [-0.1, -0.05) is 54.1 Å². The number of hydrogen-bond acceptors (Lipinski definition) is 4. The summed E-state index contributed by atoms with van der Waals surface area (Å²) in [5, 5.41) is 11.0. The first-order chi connectivity index (χ1) is 15.4. The minimum atomic E-state index is -3.84. The highest BCUT2D eigenvalue weighted by Crippen LogP contribution is 2.31. The zero-order valence-corrected chi connectivity index (χ0v) is 18.1. The van der Waals surface area contributed by atoms with E-state index in [9.17, 15) is 18.5 Å². The number of non-ortho nitro benzene ring substituents is 1. The summed E-state index contributed by atoms with van der Waals surface area (Å²) in [6, 6.07) is 24.0. The number of nitrogens with zero attached hydrogens (tertiary/aromatic N) is 2. The lowest BCUT2D eigenvalue weighted by molar-refractivity contribution is -0.384. The van der Waals surface area contributed by atoms with Gasteiger partial charge in [0.2, 0.25) is 0 Å². The van der Waals surface area contributed by atoms with E-state index in [1.807, 2.05) is 43.3 Å². The van der Waals surface area contributed by atoms with Gasteiger partial charge in [0.05, 0.1) is 15.5 Å². The van der Waals surface area contributed by atoms with E-state index in [2.05, 4.69) is 0 Å². The summed E-state index contributed by atoms with van der Waals surface area (Å²) >= 11 is 0. The van der Waals surface area contributed by atoms with Gasteiger partial charge in [-0.15, -0.1) is 0 Å². The molecule has 0 aliphatic rings. The number of nitro groups is 1. The molecule has 32 heavy (non-hydrogen) atoms. The van der Waals surface area contributed by atoms with Crippen LogP contribution in [0.2, 0.25) is 0 Å². The van der Waals surface area contributed by atoms with Gasteiger partial charge in [-0.25, -0.2) is 12.4 Å². The summed E-state index contributed by atoms with van der Waals surface area (Å²) in [6.07, 6.45) is 5.10. The van der Waals surface area contributed by atoms with Crippen LogP contribution in [0.25, 0.3) is 23.3 Å². The van der Waals surface area contributed by atoms with Crippen LogP contribution in [0.4, 0.5) is 5.69 Å². The summed E-state index contributed by atoms with van der Waals surface area (Å²) in [5.74, 6) is 0. The minimum absolute atomic E-state index is 0.0261. The number of nitro benzene ring substituents is 1. The molecular formula is C25H20N2O4S. The predicted molar refractivity (Wildman–Crippen MR) is 126 cm³/mol. The van der Waals surface area contributed by atoms with E-state index in [-0.39, 0.29) is 10.6 Å². The zero-order valence-electron chi connectivity index (χ0n) is 17.3. The van der Waals surface area contributed by atoms with Crippen molar-refractivity contribution in [1.82, 2.24) is 3.97 Å². The molecule has 0 atom stereocenters. The van der Waals surface area contributed by atoms with Crippen LogP contribution in [0.5, 0.6) is 0 Å².